The molecule has 0 unspecified atom stereocenters. The highest BCUT2D eigenvalue weighted by atomic mass is 32.1. The van der Waals surface area contributed by atoms with Crippen molar-refractivity contribution in [2.75, 3.05) is 6.54 Å². The molecule has 0 atom stereocenters. The van der Waals surface area contributed by atoms with Crippen molar-refractivity contribution in [1.82, 2.24) is 78.1 Å². The lowest BCUT2D eigenvalue weighted by molar-refractivity contribution is 0.783. The Morgan fingerprint density at radius 2 is 0.802 bits per heavy atom. The minimum Gasteiger partial charge on any atom is -0.338 e. The van der Waals surface area contributed by atoms with Crippen LogP contribution in [0.4, 0.5) is 0 Å². The maximum Gasteiger partial charge on any atom is 0.173 e. The van der Waals surface area contributed by atoms with Crippen LogP contribution in [-0.4, -0.2) is 90.9 Å². The Morgan fingerprint density at radius 1 is 0.469 bits per heavy atom. The van der Waals surface area contributed by atoms with Crippen molar-refractivity contribution >= 4 is 62.6 Å². The van der Waals surface area contributed by atoms with Gasteiger partial charge in [0.1, 0.15) is 56.9 Å². The molecule has 0 bridgehead atoms. The number of benzene rings is 3. The van der Waals surface area contributed by atoms with Crippen molar-refractivity contribution in [3.63, 3.8) is 0 Å². The monoisotopic (exact) mass is 1140 g/mol. The van der Waals surface area contributed by atoms with Crippen LogP contribution in [-0.2, 0) is 19.6 Å². The molecule has 1 aliphatic rings. The van der Waals surface area contributed by atoms with Crippen LogP contribution < -0.4 is 16.5 Å². The lowest BCUT2D eigenvalue weighted by Crippen LogP contribution is -2.13. The molecule has 24 heteroatoms. The van der Waals surface area contributed by atoms with Gasteiger partial charge in [-0.1, -0.05) is 174 Å². The Labute approximate surface area is 483 Å². The Kier molecular flexibility index (Phi) is 37.3. The van der Waals surface area contributed by atoms with Crippen molar-refractivity contribution in [2.45, 2.75) is 123 Å². The predicted molar refractivity (Wildman–Crippen MR) is 330 cm³/mol. The van der Waals surface area contributed by atoms with Crippen LogP contribution in [0.3, 0.4) is 0 Å². The third-order valence-corrected chi connectivity index (χ3v) is 10.3. The summed E-state index contributed by atoms with van der Waals surface area (Å²) in [5, 5.41) is 40.4. The van der Waals surface area contributed by atoms with Crippen LogP contribution in [0.5, 0.6) is 0 Å². The summed E-state index contributed by atoms with van der Waals surface area (Å²) in [6, 6.07) is 30.4. The molecular weight excluding hydrogens is 1060 g/mol. The first-order valence-electron chi connectivity index (χ1n) is 27.0. The molecule has 0 fully saturated rings. The predicted octanol–water partition coefficient (Wildman–Crippen LogP) is 12.5. The molecular formula is C57H82N22S2. The molecule has 9 heterocycles. The van der Waals surface area contributed by atoms with Gasteiger partial charge in [-0.25, -0.2) is 34.9 Å². The fraction of sp³-hybridized carbons (Fsp3) is 0.333. The van der Waals surface area contributed by atoms with Crippen LogP contribution in [0.1, 0.15) is 117 Å². The lowest BCUT2D eigenvalue weighted by atomic mass is 10.2. The van der Waals surface area contributed by atoms with Crippen LogP contribution >= 0.6 is 22.9 Å². The van der Waals surface area contributed by atoms with E-state index in [4.69, 9.17) is 16.2 Å². The normalized spacial score (nSPS) is 9.81. The Morgan fingerprint density at radius 3 is 1.01 bits per heavy atom. The largest absolute Gasteiger partial charge is 0.338 e. The number of imidazole rings is 3. The Balaban J connectivity index is 0.000000496. The van der Waals surface area contributed by atoms with Gasteiger partial charge in [0.25, 0.3) is 0 Å². The zero-order valence-electron chi connectivity index (χ0n) is 49.6. The first-order chi connectivity index (χ1) is 39.7. The van der Waals surface area contributed by atoms with Gasteiger partial charge < -0.3 is 28.7 Å². The highest BCUT2D eigenvalue weighted by Crippen LogP contribution is 2.12. The van der Waals surface area contributed by atoms with E-state index in [9.17, 15) is 0 Å². The average Bonchev–Trinajstić information content (AvgIpc) is 4.49. The fourth-order valence-electron chi connectivity index (χ4n) is 6.44. The lowest BCUT2D eigenvalue weighted by Gasteiger charge is -2.06. The van der Waals surface area contributed by atoms with Gasteiger partial charge in [0.05, 0.1) is 51.4 Å². The number of hydrogen-bond donors (Lipinski definition) is 6. The number of hydrogen-bond acceptors (Lipinski definition) is 18. The third kappa shape index (κ3) is 24.8. The van der Waals surface area contributed by atoms with Crippen molar-refractivity contribution in [3.05, 3.63) is 183 Å². The number of H-pyrrole nitrogens is 3. The summed E-state index contributed by atoms with van der Waals surface area (Å²) in [5.74, 6) is 2.40. The molecule has 11 aromatic rings. The molecule has 81 heavy (non-hydrogen) atoms. The number of fused-ring (bicyclic) bond motifs is 3. The molecule has 8 aromatic heterocycles. The first kappa shape index (κ1) is 70.1. The summed E-state index contributed by atoms with van der Waals surface area (Å²) >= 11 is 2.84. The highest BCUT2D eigenvalue weighted by Gasteiger charge is 2.09. The van der Waals surface area contributed by atoms with E-state index in [1.807, 2.05) is 172 Å². The van der Waals surface area contributed by atoms with E-state index in [1.54, 1.807) is 41.7 Å². The van der Waals surface area contributed by atoms with E-state index in [-0.39, 0.29) is 16.5 Å². The van der Waals surface area contributed by atoms with Gasteiger partial charge >= 0.3 is 0 Å². The molecule has 0 saturated heterocycles. The molecule has 0 spiro atoms. The quantitative estimate of drug-likeness (QED) is 0.0914. The molecule has 432 valence electrons. The zero-order chi connectivity index (χ0) is 60.2. The molecule has 6 N–H and O–H groups in total. The second-order valence-electron chi connectivity index (χ2n) is 14.6. The van der Waals surface area contributed by atoms with E-state index in [0.717, 1.165) is 34.4 Å². The minimum atomic E-state index is 0.231. The fourth-order valence-corrected chi connectivity index (χ4v) is 6.98. The van der Waals surface area contributed by atoms with Crippen molar-refractivity contribution < 1.29 is 0 Å². The van der Waals surface area contributed by atoms with Crippen molar-refractivity contribution in [1.29, 1.82) is 16.2 Å². The first-order valence-corrected chi connectivity index (χ1v) is 28.8. The zero-order valence-corrected chi connectivity index (χ0v) is 51.2. The molecule has 1 aliphatic heterocycles. The Bertz CT molecular complexity index is 3120. The highest BCUT2D eigenvalue weighted by molar-refractivity contribution is 7.07. The minimum absolute atomic E-state index is 0.231. The van der Waals surface area contributed by atoms with Crippen molar-refractivity contribution in [2.24, 2.45) is 15.4 Å². The molecule has 0 amide bonds. The van der Waals surface area contributed by atoms with Gasteiger partial charge in [-0.3, -0.25) is 16.2 Å². The van der Waals surface area contributed by atoms with E-state index in [1.165, 1.54) is 45.9 Å². The Hall–Kier alpha value is -8.90. The van der Waals surface area contributed by atoms with Crippen LogP contribution in [0.15, 0.2) is 148 Å². The number of nitrogens with zero attached hydrogens (tertiary/aromatic N) is 16. The van der Waals surface area contributed by atoms with E-state index >= 15 is 0 Å². The molecule has 22 nitrogen and oxygen atoms in total. The maximum atomic E-state index is 7.76. The molecule has 12 rings (SSSR count). The van der Waals surface area contributed by atoms with Crippen LogP contribution in [0, 0.1) is 37.0 Å². The van der Waals surface area contributed by atoms with E-state index in [2.05, 4.69) is 116 Å². The summed E-state index contributed by atoms with van der Waals surface area (Å²) in [4.78, 5) is 38.3. The number of nitrogens with one attached hydrogen (secondary N) is 6. The molecule has 0 saturated carbocycles. The topological polar surface area (TPSA) is 300 Å². The van der Waals surface area contributed by atoms with Gasteiger partial charge in [0.15, 0.2) is 33.4 Å². The summed E-state index contributed by atoms with van der Waals surface area (Å²) in [6.07, 6.45) is 8.17. The second-order valence-corrected chi connectivity index (χ2v) is 15.9. The van der Waals surface area contributed by atoms with Gasteiger partial charge in [-0.2, -0.15) is 9.49 Å². The molecule has 3 aromatic carbocycles. The summed E-state index contributed by atoms with van der Waals surface area (Å²) in [5.41, 5.74) is 13.7. The van der Waals surface area contributed by atoms with Gasteiger partial charge in [0, 0.05) is 0 Å². The number of aryl methyl sites for hydroxylation is 3. The summed E-state index contributed by atoms with van der Waals surface area (Å²) in [7, 11) is 0. The standard InChI is InChI=1S/3C13H13N5.C2H3N3.2C2H2N2S.6C2H6/c3*1-9-16-11-12(14)15-8-18(13(11)17-9)7-10-5-3-2-4-6-10;1-2-4-5-3-1;1-3-4-2-5-1;1-3-2-5-4-1;6*1-2/h3*2-6,8,14H,7H2,1H3,(H,16,17);1H,2H2;2*1-2H;6*1-2H3. The maximum absolute atomic E-state index is 7.76. The summed E-state index contributed by atoms with van der Waals surface area (Å²) < 4.78 is 9.50. The van der Waals surface area contributed by atoms with Gasteiger partial charge in [-0.15, -0.1) is 26.6 Å². The van der Waals surface area contributed by atoms with E-state index in [0.29, 0.717) is 42.7 Å². The van der Waals surface area contributed by atoms with Gasteiger partial charge in [0.2, 0.25) is 0 Å². The van der Waals surface area contributed by atoms with Crippen LogP contribution in [0.2, 0.25) is 0 Å². The van der Waals surface area contributed by atoms with Gasteiger partial charge in [-0.05, 0) is 54.2 Å². The number of rotatable bonds is 6. The third-order valence-electron chi connectivity index (χ3n) is 9.43. The average molecular weight is 1140 g/mol. The number of aromatic nitrogens is 16. The van der Waals surface area contributed by atoms with E-state index < -0.39 is 0 Å². The SMILES string of the molecule is C1=NN=NC1.CC.CC.CC.CC.CC.CC.Cc1nc2c([nH]1)c(=N)ncn2Cc1ccccc1.Cc1nc2c([nH]1)c(=N)ncn2Cc1ccccc1.Cc1nc2c([nH]1)c(=N)ncn2Cc1ccccc1.c1ncsn1.c1nncs1. The summed E-state index contributed by atoms with van der Waals surface area (Å²) in [6.45, 7) is 32.4. The molecule has 0 aliphatic carbocycles. The smallest absolute Gasteiger partial charge is 0.173 e. The van der Waals surface area contributed by atoms with Crippen LogP contribution in [0.25, 0.3) is 33.5 Å². The second kappa shape index (κ2) is 43.0. The number of aromatic amines is 3. The van der Waals surface area contributed by atoms with Crippen molar-refractivity contribution in [3.8, 4) is 0 Å². The molecule has 0 radical (unpaired) electrons.